The van der Waals surface area contributed by atoms with E-state index in [1.807, 2.05) is 18.2 Å². The Morgan fingerprint density at radius 3 is 1.45 bits per heavy atom. The molecule has 8 aliphatic heterocycles. The number of amides is 12. The number of hydrogen-bond donors (Lipinski definition) is 5. The van der Waals surface area contributed by atoms with Crippen LogP contribution in [-0.2, 0) is 54.4 Å². The maximum absolute atomic E-state index is 12.5. The second-order valence-corrected chi connectivity index (χ2v) is 23.0. The van der Waals surface area contributed by atoms with Crippen LogP contribution in [0.4, 0.5) is 0 Å². The minimum absolute atomic E-state index is 0.0177. The Morgan fingerprint density at radius 1 is 0.510 bits per heavy atom. The molecule has 9 heterocycles. The number of carboxylic acid groups (broad SMARTS) is 2. The maximum Gasteiger partial charge on any atom is 0.337 e. The van der Waals surface area contributed by atoms with E-state index in [1.165, 1.54) is 24.3 Å². The molecule has 30 nitrogen and oxygen atoms in total. The van der Waals surface area contributed by atoms with Crippen molar-refractivity contribution in [1.29, 1.82) is 0 Å². The number of allylic oxidation sites excluding steroid dienone is 1. The number of carbonyl (C=O) groups excluding carboxylic acids is 14. The lowest BCUT2D eigenvalue weighted by Gasteiger charge is -2.29. The highest BCUT2D eigenvalue weighted by Gasteiger charge is 2.48. The lowest BCUT2D eigenvalue weighted by molar-refractivity contribution is -0.167. The number of cyclic esters (lactones) is 2. The third-order valence-electron chi connectivity index (χ3n) is 16.2. The predicted octanol–water partition coefficient (Wildman–Crippen LogP) is 3.99. The summed E-state index contributed by atoms with van der Waals surface area (Å²) in [6.07, 6.45) is 1.42. The first-order chi connectivity index (χ1) is 45.9. The second-order valence-electron chi connectivity index (χ2n) is 22.2. The van der Waals surface area contributed by atoms with Crippen LogP contribution in [0.15, 0.2) is 147 Å². The number of fused-ring (bicyclic) bond motifs is 5. The smallest absolute Gasteiger partial charge is 0.337 e. The molecule has 31 heteroatoms. The van der Waals surface area contributed by atoms with Crippen LogP contribution in [0.25, 0.3) is 10.1 Å². The molecule has 4 fully saturated rings. The minimum Gasteiger partial charge on any atom is -0.481 e. The number of aliphatic carboxylic acids is 2. The normalized spacial score (nSPS) is 20.3. The molecule has 5 aromatic carbocycles. The average molecular weight is 1330 g/mol. The number of hydrogen-bond acceptors (Lipinski definition) is 21. The Hall–Kier alpha value is -12.2. The summed E-state index contributed by atoms with van der Waals surface area (Å²) >= 11 is 0.949. The van der Waals surface area contributed by atoms with Crippen LogP contribution >= 0.6 is 11.6 Å². The van der Waals surface area contributed by atoms with E-state index in [-0.39, 0.29) is 90.3 Å². The maximum atomic E-state index is 12.5. The van der Waals surface area contributed by atoms with E-state index >= 15 is 0 Å². The lowest BCUT2D eigenvalue weighted by atomic mass is 10.0. The first-order valence-electron chi connectivity index (χ1n) is 29.5. The van der Waals surface area contributed by atoms with Crippen LogP contribution < -0.4 is 21.5 Å². The van der Waals surface area contributed by atoms with Crippen LogP contribution in [-0.4, -0.2) is 153 Å². The summed E-state index contributed by atoms with van der Waals surface area (Å²) in [5.74, 6) is -9.50. The standard InChI is InChI=1S/C13H12N2O4S.C13H10N2O4.C13H12N2O3.C13H11NO6.C13H9NO5/c1-8-6-7-10(12(16)14-8)15-13(17)9-4-2-3-5-11(9)20-19-18-15;16-10-6-5-9(11(17)14-10)15-12(18)7-3-1-2-4-8(7)13(15)19;16-11-6-5-10(12(17)14-11)15-7-8-3-1-2-4-9(8)13(15)18;15-10(16)6-5-9(13(19)20)14-11(17)7-3-1-2-4-8(7)12(14)18;15-10-6-5-9(13(18)19-10)14-11(16)7-3-1-2-4-8(7)12(14)17/h2-5,10H,1,6-7H2,(H,14,16);1-4,9H,5-6H2,(H,14,16,17);1-4,10H,5-7H2,(H,14,16,17);1-4,9H,5-6H2,(H,15,16)(H,19,20);1-4,9H,5-6H2. The number of rotatable bonds is 9. The van der Waals surface area contributed by atoms with Crippen LogP contribution in [0.3, 0.4) is 0 Å². The van der Waals surface area contributed by atoms with Crippen molar-refractivity contribution in [2.45, 2.75) is 101 Å². The van der Waals surface area contributed by atoms with Crippen molar-refractivity contribution in [3.8, 4) is 0 Å². The van der Waals surface area contributed by atoms with Gasteiger partial charge in [0.1, 0.15) is 24.2 Å². The Labute approximate surface area is 544 Å². The molecule has 0 radical (unpaired) electrons. The first kappa shape index (κ1) is 66.8. The Kier molecular flexibility index (Phi) is 19.7. The molecule has 1 aromatic heterocycles. The molecule has 96 heavy (non-hydrogen) atoms. The van der Waals surface area contributed by atoms with Crippen LogP contribution in [0.1, 0.15) is 148 Å². The van der Waals surface area contributed by atoms with Crippen molar-refractivity contribution in [3.05, 3.63) is 188 Å². The quantitative estimate of drug-likeness (QED) is 0.0591. The number of ether oxygens (including phenoxy) is 1. The molecule has 14 rings (SSSR count). The number of nitrogens with zero attached hydrogens (tertiary/aromatic N) is 5. The zero-order valence-corrected chi connectivity index (χ0v) is 50.9. The summed E-state index contributed by atoms with van der Waals surface area (Å²) < 4.78 is 16.1. The zero-order chi connectivity index (χ0) is 68.8. The van der Waals surface area contributed by atoms with Gasteiger partial charge < -0.3 is 25.2 Å². The SMILES string of the molecule is C=C1CCC(n2oosc3ccccc3c2=O)C(=O)N1.O=C(O)CCC(C(=O)O)N1C(=O)c2ccccc2C1=O.O=C1CCC(N2C(=O)c3ccccc3C2=O)C(=O)N1.O=C1CCC(N2C(=O)c3ccccc3C2=O)C(=O)O1.O=C1CCC(N2Cc3ccccc3C2=O)C(=O)N1. The Balaban J connectivity index is 0.000000131. The lowest BCUT2D eigenvalue weighted by Crippen LogP contribution is -2.54. The van der Waals surface area contributed by atoms with E-state index in [4.69, 9.17) is 18.9 Å². The largest absolute Gasteiger partial charge is 0.481 e. The van der Waals surface area contributed by atoms with Gasteiger partial charge in [-0.25, -0.2) is 13.6 Å². The molecule has 0 saturated carbocycles. The van der Waals surface area contributed by atoms with Crippen molar-refractivity contribution >= 4 is 116 Å². The third kappa shape index (κ3) is 13.7. The number of carboxylic acids is 2. The fraction of sp³-hybridized carbons (Fsp3) is 0.246. The number of esters is 2. The molecule has 0 bridgehead atoms. The highest BCUT2D eigenvalue weighted by molar-refractivity contribution is 7.10. The fourth-order valence-corrected chi connectivity index (χ4v) is 12.1. The second kappa shape index (κ2) is 28.4. The topological polar surface area (TPSA) is 420 Å². The molecular weight excluding hydrogens is 1280 g/mol. The summed E-state index contributed by atoms with van der Waals surface area (Å²) in [7, 11) is 0. The summed E-state index contributed by atoms with van der Waals surface area (Å²) in [6, 6.07) is 28.5. The summed E-state index contributed by atoms with van der Waals surface area (Å²) in [6.45, 7) is 4.15. The van der Waals surface area contributed by atoms with Gasteiger partial charge in [-0.3, -0.25) is 97.3 Å². The van der Waals surface area contributed by atoms with E-state index in [0.717, 1.165) is 31.7 Å². The van der Waals surface area contributed by atoms with Gasteiger partial charge in [0.05, 0.1) is 55.1 Å². The molecule has 5 N–H and O–H groups in total. The number of carbonyl (C=O) groups is 16. The van der Waals surface area contributed by atoms with Gasteiger partial charge >= 0.3 is 23.9 Å². The summed E-state index contributed by atoms with van der Waals surface area (Å²) in [4.78, 5) is 204. The van der Waals surface area contributed by atoms with Gasteiger partial charge in [-0.15, -0.1) is 4.74 Å². The first-order valence-corrected chi connectivity index (χ1v) is 30.3. The van der Waals surface area contributed by atoms with E-state index in [1.54, 1.807) is 83.8 Å². The average Bonchev–Trinajstić information content (AvgIpc) is 1.63. The van der Waals surface area contributed by atoms with E-state index < -0.39 is 107 Å². The highest BCUT2D eigenvalue weighted by atomic mass is 32.1. The van der Waals surface area contributed by atoms with Crippen LogP contribution in [0.5, 0.6) is 0 Å². The minimum atomic E-state index is -1.47. The van der Waals surface area contributed by atoms with Crippen molar-refractivity contribution < 1.29 is 100 Å². The molecule has 5 atom stereocenters. The van der Waals surface area contributed by atoms with Gasteiger partial charge in [0, 0.05) is 43.5 Å². The van der Waals surface area contributed by atoms with E-state index in [0.29, 0.717) is 63.2 Å². The number of nitrogens with one attached hydrogen (secondary N) is 3. The molecule has 0 aliphatic carbocycles. The zero-order valence-electron chi connectivity index (χ0n) is 50.1. The number of aromatic nitrogens is 1. The van der Waals surface area contributed by atoms with Gasteiger partial charge in [-0.2, -0.15) is 4.68 Å². The molecule has 8 aliphatic rings. The van der Waals surface area contributed by atoms with Crippen molar-refractivity contribution in [2.24, 2.45) is 0 Å². The Bertz CT molecular complexity index is 4270. The molecule has 492 valence electrons. The molecule has 6 aromatic rings. The predicted molar refractivity (Wildman–Crippen MR) is 326 cm³/mol. The van der Waals surface area contributed by atoms with Gasteiger partial charge in [0.25, 0.3) is 52.8 Å². The molecule has 5 unspecified atom stereocenters. The highest BCUT2D eigenvalue weighted by Crippen LogP contribution is 2.32. The van der Waals surface area contributed by atoms with Gasteiger partial charge in [-0.1, -0.05) is 73.3 Å². The molecule has 0 spiro atoms. The van der Waals surface area contributed by atoms with Crippen molar-refractivity contribution in [2.75, 3.05) is 0 Å². The van der Waals surface area contributed by atoms with Crippen LogP contribution in [0, 0.1) is 0 Å². The summed E-state index contributed by atoms with van der Waals surface area (Å²) in [5, 5.41) is 25.2. The third-order valence-corrected chi connectivity index (χ3v) is 16.9. The summed E-state index contributed by atoms with van der Waals surface area (Å²) in [5.41, 5.74) is 3.28. The molecular formula is C65H54N8O22S. The van der Waals surface area contributed by atoms with Gasteiger partial charge in [0.15, 0.2) is 6.04 Å². The molecule has 4 saturated heterocycles. The molecule has 12 amide bonds. The monoisotopic (exact) mass is 1330 g/mol. The van der Waals surface area contributed by atoms with E-state index in [9.17, 15) is 81.5 Å². The van der Waals surface area contributed by atoms with Gasteiger partial charge in [0.2, 0.25) is 23.6 Å². The Morgan fingerprint density at radius 2 is 0.958 bits per heavy atom. The number of imide groups is 5. The van der Waals surface area contributed by atoms with Crippen molar-refractivity contribution in [3.63, 3.8) is 0 Å². The fourth-order valence-electron chi connectivity index (χ4n) is 11.5. The van der Waals surface area contributed by atoms with Crippen LogP contribution in [0.2, 0.25) is 0 Å². The number of benzene rings is 5. The number of piperidine rings is 3. The van der Waals surface area contributed by atoms with Crippen molar-refractivity contribution in [1.82, 2.24) is 40.3 Å². The van der Waals surface area contributed by atoms with E-state index in [2.05, 4.69) is 27.3 Å². The van der Waals surface area contributed by atoms with Gasteiger partial charge in [-0.05, 0) is 98.7 Å².